The fraction of sp³-hybridized carbons (Fsp3) is 0.509. The van der Waals surface area contributed by atoms with Crippen molar-refractivity contribution in [3.8, 4) is 112 Å². The maximum atomic E-state index is 7.03. The van der Waals surface area contributed by atoms with Crippen molar-refractivity contribution in [2.24, 2.45) is 0 Å². The van der Waals surface area contributed by atoms with Gasteiger partial charge in [-0.25, -0.2) is 0 Å². The van der Waals surface area contributed by atoms with Crippen molar-refractivity contribution in [1.82, 2.24) is 0 Å². The van der Waals surface area contributed by atoms with E-state index >= 15 is 0 Å². The normalized spacial score (nSPS) is 14.0. The molecule has 0 rings (SSSR count). The van der Waals surface area contributed by atoms with E-state index in [0.29, 0.717) is 0 Å². The fourth-order valence-corrected chi connectivity index (χ4v) is 33.2. The van der Waals surface area contributed by atoms with Crippen molar-refractivity contribution < 1.29 is 0 Å². The number of hydrogen-bond donors (Lipinski definition) is 0. The zero-order valence-corrected chi connectivity index (χ0v) is 60.0. The second-order valence-corrected chi connectivity index (χ2v) is 81.0. The highest BCUT2D eigenvalue weighted by Gasteiger charge is 2.35. The number of rotatable bonds is 6. The molecule has 0 unspecified atom stereocenters. The van der Waals surface area contributed by atoms with E-state index in [1.807, 2.05) is 0 Å². The summed E-state index contributed by atoms with van der Waals surface area (Å²) < 4.78 is 0. The first-order valence-electron chi connectivity index (χ1n) is 23.5. The second-order valence-electron chi connectivity index (χ2n) is 27.0. The molecule has 0 aliphatic rings. The van der Waals surface area contributed by atoms with E-state index in [2.05, 4.69) is 316 Å². The van der Waals surface area contributed by atoms with Crippen molar-refractivity contribution in [2.75, 3.05) is 0 Å². The van der Waals surface area contributed by atoms with E-state index in [1.165, 1.54) is 0 Å². The Kier molecular flexibility index (Phi) is 22.7. The van der Waals surface area contributed by atoms with E-state index in [9.17, 15) is 0 Å². The predicted molar refractivity (Wildman–Crippen MR) is 339 cm³/mol. The molecule has 0 saturated carbocycles. The summed E-state index contributed by atoms with van der Waals surface area (Å²) in [6, 6.07) is 0. The average molecular weight is 1090 g/mol. The van der Waals surface area contributed by atoms with Gasteiger partial charge < -0.3 is 0 Å². The monoisotopic (exact) mass is 1090 g/mol. The third kappa shape index (κ3) is 31.6. The van der Waals surface area contributed by atoms with Crippen molar-refractivity contribution in [3.63, 3.8) is 0 Å². The highest BCUT2D eigenvalue weighted by Crippen LogP contribution is 2.20. The van der Waals surface area contributed by atoms with Crippen LogP contribution in [-0.2, 0) is 0 Å². The molecule has 0 spiro atoms. The molecule has 352 valence electrons. The number of hydrogen-bond acceptors (Lipinski definition) is 0. The molecular formula is C53H88Si13. The van der Waals surface area contributed by atoms with Gasteiger partial charge in [-0.2, -0.15) is 0 Å². The summed E-state index contributed by atoms with van der Waals surface area (Å²) in [4.78, 5) is 0. The lowest BCUT2D eigenvalue weighted by molar-refractivity contribution is 1.81. The first-order chi connectivity index (χ1) is 29.0. The minimum atomic E-state index is -3.19. The number of terminal acetylenes is 1. The lowest BCUT2D eigenvalue weighted by Crippen LogP contribution is -2.38. The van der Waals surface area contributed by atoms with Crippen LogP contribution in [0.3, 0.4) is 0 Å². The van der Waals surface area contributed by atoms with E-state index in [1.54, 1.807) is 0 Å². The molecular weight excluding hydrogens is 1000 g/mol. The summed E-state index contributed by atoms with van der Waals surface area (Å²) in [5.74, 6) is 0. The van der Waals surface area contributed by atoms with Gasteiger partial charge >= 0.3 is 24.2 Å². The van der Waals surface area contributed by atoms with Gasteiger partial charge in [0.1, 0.15) is 72.7 Å². The molecule has 0 saturated heterocycles. The summed E-state index contributed by atoms with van der Waals surface area (Å²) in [6.07, 6.45) is 7.03. The molecule has 0 radical (unpaired) electrons. The topological polar surface area (TPSA) is 0 Å². The standard InChI is InChI=1S/C53H88Si13/c1-29-63(48-51-64(39-30-54(2,3)4,40-31-55(5,6)7)41-32-56(8,9)10,49-52-65(42-33-57(11,12)13,43-34-58(14,15)16)44-35-59(17,18)19)50-53-66(45-36-60(20,21)22,46-37-61(23,24)25)47-38-62(26,27)28/h1,48-53H,2-28H3. The lowest BCUT2D eigenvalue weighted by Gasteiger charge is -2.20. The Morgan fingerprint density at radius 2 is 0.318 bits per heavy atom. The summed E-state index contributed by atoms with van der Waals surface area (Å²) in [6.45, 7) is 62.1. The largest absolute Gasteiger partial charge is 0.311 e. The van der Waals surface area contributed by atoms with Crippen LogP contribution in [0.4, 0.5) is 0 Å². The highest BCUT2D eigenvalue weighted by molar-refractivity contribution is 7.13. The summed E-state index contributed by atoms with van der Waals surface area (Å²) in [5.41, 5.74) is 86.0. The Morgan fingerprint density at radius 1 is 0.197 bits per heavy atom. The van der Waals surface area contributed by atoms with Crippen molar-refractivity contribution in [2.45, 2.75) is 177 Å². The molecule has 13 heteroatoms. The molecule has 66 heavy (non-hydrogen) atoms. The van der Waals surface area contributed by atoms with Gasteiger partial charge in [-0.3, -0.25) is 0 Å². The van der Waals surface area contributed by atoms with Crippen LogP contribution in [0, 0.1) is 112 Å². The van der Waals surface area contributed by atoms with Gasteiger partial charge in [0.25, 0.3) is 0 Å². The van der Waals surface area contributed by atoms with Gasteiger partial charge in [-0.1, -0.05) is 211 Å². The van der Waals surface area contributed by atoms with Gasteiger partial charge in [0.2, 0.25) is 8.07 Å². The maximum absolute atomic E-state index is 7.03. The van der Waals surface area contributed by atoms with Crippen molar-refractivity contribution >= 4 is 105 Å². The summed E-state index contributed by atoms with van der Waals surface area (Å²) in [5, 5.41) is 0. The smallest absolute Gasteiger partial charge is 0.136 e. The maximum Gasteiger partial charge on any atom is 0.311 e. The van der Waals surface area contributed by atoms with E-state index in [4.69, 9.17) is 6.42 Å². The van der Waals surface area contributed by atoms with Gasteiger partial charge in [0, 0.05) is 0 Å². The van der Waals surface area contributed by atoms with Crippen molar-refractivity contribution in [1.29, 1.82) is 0 Å². The van der Waals surface area contributed by atoms with Gasteiger partial charge in [0.05, 0.1) is 0 Å². The molecule has 0 aliphatic heterocycles. The molecule has 0 nitrogen and oxygen atoms in total. The molecule has 0 fully saturated rings. The van der Waals surface area contributed by atoms with E-state index in [-0.39, 0.29) is 0 Å². The van der Waals surface area contributed by atoms with E-state index < -0.39 is 105 Å². The second kappa shape index (κ2) is 23.5. The molecule has 0 bridgehead atoms. The Bertz CT molecular complexity index is 1990. The zero-order valence-electron chi connectivity index (χ0n) is 47.0. The molecule has 0 aliphatic carbocycles. The van der Waals surface area contributed by atoms with Crippen LogP contribution in [0.5, 0.6) is 0 Å². The SMILES string of the molecule is C#C[Si](C=C[Si](C#C[Si](C)(C)C)(C#C[Si](C)(C)C)C#C[Si](C)(C)C)(C=C[Si](C#C[Si](C)(C)C)(C#C[Si](C)(C)C)C#C[Si](C)(C)C)C=C[Si](C#C[Si](C)(C)C)(C#C[Si](C)(C)C)C#C[Si](C)(C)C. The molecule has 0 aromatic heterocycles. The first kappa shape index (κ1) is 63.6. The summed E-state index contributed by atoms with van der Waals surface area (Å²) >= 11 is 0. The Hall–Kier alpha value is -2.36. The van der Waals surface area contributed by atoms with Gasteiger partial charge in [-0.15, -0.1) is 112 Å². The van der Waals surface area contributed by atoms with E-state index in [0.717, 1.165) is 0 Å². The lowest BCUT2D eigenvalue weighted by atomic mass is 11.2. The Balaban J connectivity index is 9.96. The zero-order chi connectivity index (χ0) is 52.2. The molecule has 0 aromatic rings. The Labute approximate surface area is 424 Å². The molecule has 0 aromatic carbocycles. The van der Waals surface area contributed by atoms with Crippen LogP contribution in [0.25, 0.3) is 0 Å². The quantitative estimate of drug-likeness (QED) is 0.184. The first-order valence-corrected chi connectivity index (χ1v) is 63.5. The molecule has 0 heterocycles. The Morgan fingerprint density at radius 3 is 0.409 bits per heavy atom. The average Bonchev–Trinajstić information content (AvgIpc) is 3.09. The minimum absolute atomic E-state index is 1.82. The summed E-state index contributed by atoms with van der Waals surface area (Å²) in [7, 11) is -28.7. The third-order valence-corrected chi connectivity index (χ3v) is 28.2. The van der Waals surface area contributed by atoms with Gasteiger partial charge in [0.15, 0.2) is 0 Å². The highest BCUT2D eigenvalue weighted by atomic mass is 28.4. The van der Waals surface area contributed by atoms with Crippen molar-refractivity contribution in [3.05, 3.63) is 34.2 Å². The fourth-order valence-electron chi connectivity index (χ4n) is 4.33. The van der Waals surface area contributed by atoms with Crippen LogP contribution in [0.1, 0.15) is 0 Å². The van der Waals surface area contributed by atoms with Crippen LogP contribution >= 0.6 is 0 Å². The molecule has 0 N–H and O–H groups in total. The predicted octanol–water partition coefficient (Wildman–Crippen LogP) is 12.6. The van der Waals surface area contributed by atoms with Gasteiger partial charge in [-0.05, 0) is 0 Å². The van der Waals surface area contributed by atoms with Crippen LogP contribution < -0.4 is 0 Å². The third-order valence-electron chi connectivity index (χ3n) is 7.79. The molecule has 0 atom stereocenters. The van der Waals surface area contributed by atoms with Crippen LogP contribution in [0.2, 0.25) is 177 Å². The minimum Gasteiger partial charge on any atom is -0.136 e. The molecule has 0 amide bonds. The van der Waals surface area contributed by atoms with Crippen LogP contribution in [0.15, 0.2) is 34.2 Å². The van der Waals surface area contributed by atoms with Crippen LogP contribution in [-0.4, -0.2) is 105 Å².